The normalized spacial score (nSPS) is 29.6. The number of benzene rings is 1. The molecule has 0 spiro atoms. The number of halogens is 1. The Hall–Kier alpha value is -1.04. The summed E-state index contributed by atoms with van der Waals surface area (Å²) in [7, 11) is 0. The minimum Gasteiger partial charge on any atom is -0.393 e. The summed E-state index contributed by atoms with van der Waals surface area (Å²) in [5.41, 5.74) is 7.34. The molecule has 2 fully saturated rings. The van der Waals surface area contributed by atoms with Crippen molar-refractivity contribution in [2.24, 2.45) is 5.73 Å². The van der Waals surface area contributed by atoms with Gasteiger partial charge < -0.3 is 10.8 Å². The number of nitrogens with two attached hydrogens (primary N) is 1. The summed E-state index contributed by atoms with van der Waals surface area (Å²) in [6.07, 6.45) is 3.66. The van der Waals surface area contributed by atoms with E-state index >= 15 is 0 Å². The van der Waals surface area contributed by atoms with Crippen molar-refractivity contribution < 1.29 is 9.50 Å². The van der Waals surface area contributed by atoms with Gasteiger partial charge in [-0.15, -0.1) is 0 Å². The molecule has 0 radical (unpaired) electrons. The van der Waals surface area contributed by atoms with Gasteiger partial charge in [-0.3, -0.25) is 4.90 Å². The van der Waals surface area contributed by atoms with Crippen molar-refractivity contribution in [3.63, 3.8) is 0 Å². The molecule has 20 heavy (non-hydrogen) atoms. The molecule has 2 aliphatic heterocycles. The Morgan fingerprint density at radius 1 is 1.35 bits per heavy atom. The fraction of sp³-hybridized carbons (Fsp3) is 0.533. The van der Waals surface area contributed by atoms with Crippen LogP contribution in [0.2, 0.25) is 0 Å². The lowest BCUT2D eigenvalue weighted by Crippen LogP contribution is -2.44. The number of fused-ring (bicyclic) bond motifs is 2. The van der Waals surface area contributed by atoms with Crippen LogP contribution in [0.1, 0.15) is 36.8 Å². The number of hydrogen-bond acceptors (Lipinski definition) is 3. The summed E-state index contributed by atoms with van der Waals surface area (Å²) in [6, 6.07) is 5.37. The molecule has 0 aliphatic carbocycles. The van der Waals surface area contributed by atoms with Crippen LogP contribution in [0.15, 0.2) is 18.2 Å². The molecule has 0 amide bonds. The smallest absolute Gasteiger partial charge is 0.123 e. The minimum absolute atomic E-state index is 0.189. The molecule has 2 heterocycles. The Bertz CT molecular complexity index is 523. The summed E-state index contributed by atoms with van der Waals surface area (Å²) < 4.78 is 13.5. The van der Waals surface area contributed by atoms with E-state index < -0.39 is 0 Å². The van der Waals surface area contributed by atoms with E-state index in [2.05, 4.69) is 4.90 Å². The van der Waals surface area contributed by atoms with Crippen molar-refractivity contribution >= 4 is 17.2 Å². The highest BCUT2D eigenvalue weighted by Gasteiger charge is 2.40. The Morgan fingerprint density at radius 3 is 2.60 bits per heavy atom. The van der Waals surface area contributed by atoms with Crippen molar-refractivity contribution in [3.8, 4) is 0 Å². The fourth-order valence-electron chi connectivity index (χ4n) is 3.63. The second kappa shape index (κ2) is 5.39. The highest BCUT2D eigenvalue weighted by atomic mass is 32.1. The van der Waals surface area contributed by atoms with Crippen molar-refractivity contribution in [2.75, 3.05) is 0 Å². The molecule has 2 saturated heterocycles. The van der Waals surface area contributed by atoms with E-state index in [-0.39, 0.29) is 11.9 Å². The molecule has 2 unspecified atom stereocenters. The van der Waals surface area contributed by atoms with Crippen LogP contribution in [0.5, 0.6) is 0 Å². The number of nitrogens with zero attached hydrogens (tertiary/aromatic N) is 1. The average Bonchev–Trinajstić information content (AvgIpc) is 2.62. The number of piperidine rings is 1. The number of aliphatic hydroxyl groups excluding tert-OH is 1. The topological polar surface area (TPSA) is 49.5 Å². The lowest BCUT2D eigenvalue weighted by atomic mass is 9.98. The van der Waals surface area contributed by atoms with E-state index in [0.717, 1.165) is 36.8 Å². The van der Waals surface area contributed by atoms with Crippen LogP contribution < -0.4 is 5.73 Å². The van der Waals surface area contributed by atoms with Crippen molar-refractivity contribution in [1.82, 2.24) is 4.90 Å². The molecule has 3 rings (SSSR count). The van der Waals surface area contributed by atoms with E-state index in [0.29, 0.717) is 23.6 Å². The summed E-state index contributed by atoms with van der Waals surface area (Å²) in [6.45, 7) is 0.659. The van der Waals surface area contributed by atoms with E-state index in [9.17, 15) is 9.50 Å². The molecule has 0 aromatic heterocycles. The van der Waals surface area contributed by atoms with E-state index in [1.54, 1.807) is 6.07 Å². The molecule has 1 aromatic rings. The summed E-state index contributed by atoms with van der Waals surface area (Å²) in [5, 5.41) is 9.83. The molecule has 1 aromatic carbocycles. The standard InChI is InChI=1S/C15H19FN2OS/c16-10-1-4-14(15(17)20)9(5-10)8-18-11-2-3-12(18)7-13(19)6-11/h1,4-5,11-13,19H,2-3,6-8H2,(H2,17,20). The summed E-state index contributed by atoms with van der Waals surface area (Å²) in [4.78, 5) is 2.69. The van der Waals surface area contributed by atoms with Crippen LogP contribution in [0.25, 0.3) is 0 Å². The maximum absolute atomic E-state index is 13.5. The van der Waals surface area contributed by atoms with Gasteiger partial charge in [0.25, 0.3) is 0 Å². The number of aliphatic hydroxyl groups is 1. The zero-order chi connectivity index (χ0) is 14.3. The van der Waals surface area contributed by atoms with Crippen LogP contribution in [0, 0.1) is 5.82 Å². The fourth-order valence-corrected chi connectivity index (χ4v) is 3.83. The van der Waals surface area contributed by atoms with Gasteiger partial charge in [-0.05, 0) is 49.4 Å². The lowest BCUT2D eigenvalue weighted by Gasteiger charge is -2.37. The average molecular weight is 294 g/mol. The first-order valence-electron chi connectivity index (χ1n) is 7.06. The molecule has 3 nitrogen and oxygen atoms in total. The van der Waals surface area contributed by atoms with Crippen molar-refractivity contribution in [2.45, 2.75) is 50.4 Å². The Labute approximate surface area is 123 Å². The van der Waals surface area contributed by atoms with Gasteiger partial charge in [0.05, 0.1) is 6.10 Å². The monoisotopic (exact) mass is 294 g/mol. The third kappa shape index (κ3) is 2.57. The van der Waals surface area contributed by atoms with Gasteiger partial charge in [0, 0.05) is 24.2 Å². The first-order valence-corrected chi connectivity index (χ1v) is 7.47. The lowest BCUT2D eigenvalue weighted by molar-refractivity contribution is 0.0309. The Morgan fingerprint density at radius 2 is 2.00 bits per heavy atom. The van der Waals surface area contributed by atoms with Gasteiger partial charge in [-0.2, -0.15) is 0 Å². The zero-order valence-electron chi connectivity index (χ0n) is 11.3. The highest BCUT2D eigenvalue weighted by molar-refractivity contribution is 7.80. The maximum Gasteiger partial charge on any atom is 0.123 e. The molecule has 0 saturated carbocycles. The summed E-state index contributed by atoms with van der Waals surface area (Å²) >= 11 is 5.05. The second-order valence-corrected chi connectivity index (χ2v) is 6.29. The van der Waals surface area contributed by atoms with Gasteiger partial charge in [0.1, 0.15) is 10.8 Å². The van der Waals surface area contributed by atoms with E-state index in [4.69, 9.17) is 18.0 Å². The maximum atomic E-state index is 13.5. The molecule has 2 atom stereocenters. The molecule has 2 aliphatic rings. The predicted octanol–water partition coefficient (Wildman–Crippen LogP) is 1.95. The highest BCUT2D eigenvalue weighted by Crippen LogP contribution is 2.37. The zero-order valence-corrected chi connectivity index (χ0v) is 12.1. The third-order valence-corrected chi connectivity index (χ3v) is 4.77. The van der Waals surface area contributed by atoms with Crippen LogP contribution in [-0.4, -0.2) is 33.2 Å². The first-order chi connectivity index (χ1) is 9.54. The van der Waals surface area contributed by atoms with Gasteiger partial charge in [0.15, 0.2) is 0 Å². The van der Waals surface area contributed by atoms with Gasteiger partial charge >= 0.3 is 0 Å². The largest absolute Gasteiger partial charge is 0.393 e. The summed E-state index contributed by atoms with van der Waals surface area (Å²) in [5.74, 6) is -0.260. The molecule has 108 valence electrons. The Kier molecular flexibility index (Phi) is 3.75. The van der Waals surface area contributed by atoms with Gasteiger partial charge in [0.2, 0.25) is 0 Å². The third-order valence-electron chi connectivity index (χ3n) is 4.55. The number of hydrogen-bond donors (Lipinski definition) is 2. The number of rotatable bonds is 3. The molecular weight excluding hydrogens is 275 g/mol. The molecule has 3 N–H and O–H groups in total. The van der Waals surface area contributed by atoms with Crippen molar-refractivity contribution in [3.05, 3.63) is 35.1 Å². The van der Waals surface area contributed by atoms with Gasteiger partial charge in [-0.1, -0.05) is 12.2 Å². The second-order valence-electron chi connectivity index (χ2n) is 5.85. The predicted molar refractivity (Wildman–Crippen MR) is 79.9 cm³/mol. The van der Waals surface area contributed by atoms with Crippen LogP contribution in [0.4, 0.5) is 4.39 Å². The quantitative estimate of drug-likeness (QED) is 0.837. The van der Waals surface area contributed by atoms with Crippen LogP contribution in [-0.2, 0) is 6.54 Å². The first kappa shape index (κ1) is 13.9. The molecular formula is C15H19FN2OS. The van der Waals surface area contributed by atoms with E-state index in [1.807, 2.05) is 0 Å². The number of thiocarbonyl (C=S) groups is 1. The molecule has 5 heteroatoms. The van der Waals surface area contributed by atoms with E-state index in [1.165, 1.54) is 12.1 Å². The van der Waals surface area contributed by atoms with Gasteiger partial charge in [-0.25, -0.2) is 4.39 Å². The molecule has 2 bridgehead atoms. The minimum atomic E-state index is -0.260. The Balaban J connectivity index is 1.85. The van der Waals surface area contributed by atoms with Crippen LogP contribution in [0.3, 0.4) is 0 Å². The SMILES string of the molecule is NC(=S)c1ccc(F)cc1CN1C2CCC1CC(O)C2. The van der Waals surface area contributed by atoms with Crippen LogP contribution >= 0.6 is 12.2 Å². The van der Waals surface area contributed by atoms with Crippen molar-refractivity contribution in [1.29, 1.82) is 0 Å².